The van der Waals surface area contributed by atoms with Gasteiger partial charge in [-0.25, -0.2) is 9.59 Å². The third kappa shape index (κ3) is 3.23. The van der Waals surface area contributed by atoms with E-state index in [1.165, 1.54) is 24.3 Å². The van der Waals surface area contributed by atoms with E-state index in [1.54, 1.807) is 18.2 Å². The van der Waals surface area contributed by atoms with Gasteiger partial charge in [-0.3, -0.25) is 4.79 Å². The van der Waals surface area contributed by atoms with Crippen LogP contribution in [0.5, 0.6) is 0 Å². The molecule has 0 saturated heterocycles. The molecule has 128 valence electrons. The molecule has 5 heteroatoms. The van der Waals surface area contributed by atoms with Gasteiger partial charge in [0, 0.05) is 10.9 Å². The van der Waals surface area contributed by atoms with Gasteiger partial charge in [-0.1, -0.05) is 54.6 Å². The lowest BCUT2D eigenvalue weighted by Gasteiger charge is -2.10. The van der Waals surface area contributed by atoms with Crippen molar-refractivity contribution in [2.75, 3.05) is 0 Å². The minimum Gasteiger partial charge on any atom is -0.478 e. The lowest BCUT2D eigenvalue weighted by molar-refractivity contribution is 0.0693. The average molecular weight is 346 g/mol. The molecule has 0 aromatic heterocycles. The van der Waals surface area contributed by atoms with Crippen molar-refractivity contribution in [2.45, 2.75) is 0 Å². The summed E-state index contributed by atoms with van der Waals surface area (Å²) in [5.41, 5.74) is 0.292. The van der Waals surface area contributed by atoms with E-state index in [2.05, 4.69) is 0 Å². The zero-order valence-corrected chi connectivity index (χ0v) is 13.5. The number of carboxylic acids is 2. The van der Waals surface area contributed by atoms with Crippen LogP contribution in [0.1, 0.15) is 36.6 Å². The number of carbonyl (C=O) groups is 3. The van der Waals surface area contributed by atoms with Crippen molar-refractivity contribution in [1.82, 2.24) is 0 Å². The maximum atomic E-state index is 12.6. The summed E-state index contributed by atoms with van der Waals surface area (Å²) in [5, 5.41) is 19.5. The van der Waals surface area contributed by atoms with E-state index >= 15 is 0 Å². The molecule has 0 aliphatic carbocycles. The molecule has 0 atom stereocenters. The van der Waals surface area contributed by atoms with Crippen LogP contribution in [0.2, 0.25) is 0 Å². The first kappa shape index (κ1) is 17.1. The summed E-state index contributed by atoms with van der Waals surface area (Å²) < 4.78 is 0. The summed E-state index contributed by atoms with van der Waals surface area (Å²) in [5.74, 6) is -3.10. The van der Waals surface area contributed by atoms with Crippen LogP contribution in [-0.4, -0.2) is 27.9 Å². The average Bonchev–Trinajstić information content (AvgIpc) is 2.65. The molecule has 3 aromatic rings. The Labute approximate surface area is 148 Å². The molecule has 0 amide bonds. The maximum absolute atomic E-state index is 12.6. The van der Waals surface area contributed by atoms with Crippen LogP contribution in [0.25, 0.3) is 16.8 Å². The Balaban J connectivity index is 2.17. The Morgan fingerprint density at radius 1 is 0.731 bits per heavy atom. The molecule has 3 aromatic carbocycles. The molecule has 0 unspecified atom stereocenters. The molecule has 0 aliphatic rings. The van der Waals surface area contributed by atoms with Crippen molar-refractivity contribution >= 4 is 34.6 Å². The highest BCUT2D eigenvalue weighted by molar-refractivity contribution is 6.20. The van der Waals surface area contributed by atoms with Gasteiger partial charge in [0.15, 0.2) is 5.78 Å². The highest BCUT2D eigenvalue weighted by Crippen LogP contribution is 2.27. The van der Waals surface area contributed by atoms with Gasteiger partial charge in [-0.05, 0) is 29.2 Å². The summed E-state index contributed by atoms with van der Waals surface area (Å²) in [6, 6.07) is 16.5. The Kier molecular flexibility index (Phi) is 4.62. The van der Waals surface area contributed by atoms with Crippen LogP contribution in [-0.2, 0) is 0 Å². The van der Waals surface area contributed by atoms with Crippen LogP contribution in [0.4, 0.5) is 0 Å². The Morgan fingerprint density at radius 2 is 1.46 bits per heavy atom. The van der Waals surface area contributed by atoms with E-state index in [-0.39, 0.29) is 22.1 Å². The first-order chi connectivity index (χ1) is 12.5. The quantitative estimate of drug-likeness (QED) is 0.535. The van der Waals surface area contributed by atoms with Gasteiger partial charge in [0.25, 0.3) is 0 Å². The molecule has 2 N–H and O–H groups in total. The number of hydrogen-bond acceptors (Lipinski definition) is 3. The molecule has 3 rings (SSSR count). The lowest BCUT2D eigenvalue weighted by atomic mass is 9.93. The number of carboxylic acid groups (broad SMARTS) is 2. The molecule has 0 saturated carbocycles. The van der Waals surface area contributed by atoms with E-state index in [0.717, 1.165) is 5.56 Å². The fourth-order valence-electron chi connectivity index (χ4n) is 2.81. The summed E-state index contributed by atoms with van der Waals surface area (Å²) in [6.07, 6.45) is 2.87. The molecule has 26 heavy (non-hydrogen) atoms. The van der Waals surface area contributed by atoms with Gasteiger partial charge < -0.3 is 10.2 Å². The molecular formula is C21H14O5. The zero-order chi connectivity index (χ0) is 18.7. The largest absolute Gasteiger partial charge is 0.478 e. The van der Waals surface area contributed by atoms with Gasteiger partial charge >= 0.3 is 11.9 Å². The number of hydrogen-bond donors (Lipinski definition) is 2. The molecular weight excluding hydrogens is 332 g/mol. The Bertz CT molecular complexity index is 1050. The summed E-state index contributed by atoms with van der Waals surface area (Å²) in [6.45, 7) is 0. The number of benzene rings is 3. The molecule has 0 bridgehead atoms. The number of ketones is 1. The number of carbonyl (C=O) groups excluding carboxylic acids is 1. The number of fused-ring (bicyclic) bond motifs is 1. The van der Waals surface area contributed by atoms with Crippen LogP contribution in [0, 0.1) is 0 Å². The summed E-state index contributed by atoms with van der Waals surface area (Å²) in [7, 11) is 0. The Morgan fingerprint density at radius 3 is 2.12 bits per heavy atom. The fourth-order valence-corrected chi connectivity index (χ4v) is 2.81. The van der Waals surface area contributed by atoms with Gasteiger partial charge in [-0.2, -0.15) is 0 Å². The van der Waals surface area contributed by atoms with Crippen LogP contribution >= 0.6 is 0 Å². The maximum Gasteiger partial charge on any atom is 0.337 e. The lowest BCUT2D eigenvalue weighted by Crippen LogP contribution is -2.10. The number of aromatic carboxylic acids is 2. The molecule has 0 aliphatic heterocycles. The normalized spacial score (nSPS) is 10.9. The van der Waals surface area contributed by atoms with Gasteiger partial charge in [0.2, 0.25) is 0 Å². The molecule has 0 radical (unpaired) electrons. The van der Waals surface area contributed by atoms with E-state index < -0.39 is 17.7 Å². The molecule has 5 nitrogen and oxygen atoms in total. The van der Waals surface area contributed by atoms with Crippen molar-refractivity contribution in [3.63, 3.8) is 0 Å². The second-order valence-electron chi connectivity index (χ2n) is 5.61. The summed E-state index contributed by atoms with van der Waals surface area (Å²) in [4.78, 5) is 35.9. The van der Waals surface area contributed by atoms with E-state index in [0.29, 0.717) is 5.39 Å². The second kappa shape index (κ2) is 7.03. The second-order valence-corrected chi connectivity index (χ2v) is 5.61. The van der Waals surface area contributed by atoms with Crippen molar-refractivity contribution in [1.29, 1.82) is 0 Å². The van der Waals surface area contributed by atoms with E-state index in [9.17, 15) is 24.6 Å². The first-order valence-electron chi connectivity index (χ1n) is 7.79. The SMILES string of the molecule is O=C(C=Cc1ccccc1)c1ccc2cccc(C(=O)O)c2c1C(=O)O. The monoisotopic (exact) mass is 346 g/mol. The third-order valence-corrected chi connectivity index (χ3v) is 3.98. The molecule has 0 spiro atoms. The van der Waals surface area contributed by atoms with Gasteiger partial charge in [-0.15, -0.1) is 0 Å². The number of allylic oxidation sites excluding steroid dienone is 1. The predicted molar refractivity (Wildman–Crippen MR) is 97.7 cm³/mol. The summed E-state index contributed by atoms with van der Waals surface area (Å²) >= 11 is 0. The molecule has 0 fully saturated rings. The van der Waals surface area contributed by atoms with E-state index in [4.69, 9.17) is 0 Å². The minimum absolute atomic E-state index is 0.0476. The topological polar surface area (TPSA) is 91.7 Å². The fraction of sp³-hybridized carbons (Fsp3) is 0. The molecule has 0 heterocycles. The van der Waals surface area contributed by atoms with E-state index in [1.807, 2.05) is 30.3 Å². The smallest absolute Gasteiger partial charge is 0.337 e. The first-order valence-corrected chi connectivity index (χ1v) is 7.79. The standard InChI is InChI=1S/C21H14O5/c22-17(12-9-13-5-2-1-3-6-13)15-11-10-14-7-4-8-16(20(23)24)18(14)19(15)21(25)26/h1-12H,(H,23,24)(H,25,26). The number of rotatable bonds is 5. The third-order valence-electron chi connectivity index (χ3n) is 3.98. The van der Waals surface area contributed by atoms with Crippen LogP contribution in [0.3, 0.4) is 0 Å². The van der Waals surface area contributed by atoms with Gasteiger partial charge in [0.1, 0.15) is 0 Å². The van der Waals surface area contributed by atoms with Crippen molar-refractivity contribution in [2.24, 2.45) is 0 Å². The minimum atomic E-state index is -1.35. The van der Waals surface area contributed by atoms with Gasteiger partial charge in [0.05, 0.1) is 11.1 Å². The van der Waals surface area contributed by atoms with Crippen molar-refractivity contribution in [3.8, 4) is 0 Å². The zero-order valence-electron chi connectivity index (χ0n) is 13.5. The van der Waals surface area contributed by atoms with Crippen molar-refractivity contribution in [3.05, 3.63) is 89.0 Å². The van der Waals surface area contributed by atoms with Crippen molar-refractivity contribution < 1.29 is 24.6 Å². The highest BCUT2D eigenvalue weighted by atomic mass is 16.4. The van der Waals surface area contributed by atoms with Crippen LogP contribution in [0.15, 0.2) is 66.7 Å². The Hall–Kier alpha value is -3.73. The van der Waals surface area contributed by atoms with Crippen LogP contribution < -0.4 is 0 Å². The highest BCUT2D eigenvalue weighted by Gasteiger charge is 2.22. The predicted octanol–water partition coefficient (Wildman–Crippen LogP) is 4.13.